The molecule has 122 valence electrons. The van der Waals surface area contributed by atoms with Crippen LogP contribution in [-0.2, 0) is 0 Å². The molecule has 0 saturated carbocycles. The van der Waals surface area contributed by atoms with Crippen molar-refractivity contribution in [1.29, 1.82) is 0 Å². The van der Waals surface area contributed by atoms with E-state index in [-0.39, 0.29) is 6.03 Å². The Labute approximate surface area is 141 Å². The Hall–Kier alpha value is -3.00. The van der Waals surface area contributed by atoms with Crippen molar-refractivity contribution in [2.75, 3.05) is 25.0 Å². The lowest BCUT2D eigenvalue weighted by molar-refractivity contribution is 0.113. The fourth-order valence-electron chi connectivity index (χ4n) is 2.58. The van der Waals surface area contributed by atoms with Crippen LogP contribution in [0.3, 0.4) is 0 Å². The Kier molecular flexibility index (Phi) is 4.97. The maximum absolute atomic E-state index is 12.0. The van der Waals surface area contributed by atoms with Crippen molar-refractivity contribution in [1.82, 2.24) is 9.88 Å². The lowest BCUT2D eigenvalue weighted by Gasteiger charge is -2.39. The van der Waals surface area contributed by atoms with Gasteiger partial charge >= 0.3 is 6.03 Å². The zero-order chi connectivity index (χ0) is 16.8. The number of rotatable bonds is 5. The molecule has 1 aliphatic heterocycles. The van der Waals surface area contributed by atoms with Gasteiger partial charge < -0.3 is 15.0 Å². The summed E-state index contributed by atoms with van der Waals surface area (Å²) < 4.78 is 5.72. The molecule has 1 aliphatic rings. The third-order valence-electron chi connectivity index (χ3n) is 3.95. The maximum atomic E-state index is 12.0. The van der Waals surface area contributed by atoms with E-state index in [0.29, 0.717) is 18.2 Å². The van der Waals surface area contributed by atoms with E-state index < -0.39 is 0 Å². The number of hydrogen-bond donors (Lipinski definition) is 1. The fraction of sp³-hybridized carbons (Fsp3) is 0.263. The fourth-order valence-corrected chi connectivity index (χ4v) is 2.58. The Bertz CT molecular complexity index is 734. The molecular formula is C19H19N3O2. The lowest BCUT2D eigenvalue weighted by atomic mass is 9.97. The summed E-state index contributed by atoms with van der Waals surface area (Å²) in [7, 11) is 0. The van der Waals surface area contributed by atoms with Crippen LogP contribution in [0.2, 0.25) is 0 Å². The van der Waals surface area contributed by atoms with Gasteiger partial charge in [0.05, 0.1) is 18.5 Å². The third kappa shape index (κ3) is 4.05. The summed E-state index contributed by atoms with van der Waals surface area (Å²) in [6.07, 6.45) is 9.59. The van der Waals surface area contributed by atoms with Crippen molar-refractivity contribution < 1.29 is 9.53 Å². The highest BCUT2D eigenvalue weighted by Gasteiger charge is 2.30. The minimum atomic E-state index is -0.0816. The number of hydrogen-bond acceptors (Lipinski definition) is 3. The number of anilines is 1. The van der Waals surface area contributed by atoms with Crippen LogP contribution in [0.1, 0.15) is 12.0 Å². The Morgan fingerprint density at radius 1 is 1.38 bits per heavy atom. The van der Waals surface area contributed by atoms with Gasteiger partial charge in [0.2, 0.25) is 0 Å². The Morgan fingerprint density at radius 3 is 3.00 bits per heavy atom. The molecule has 3 rings (SSSR count). The van der Waals surface area contributed by atoms with Gasteiger partial charge in [0.25, 0.3) is 0 Å². The molecule has 1 fully saturated rings. The second-order valence-electron chi connectivity index (χ2n) is 5.75. The molecular weight excluding hydrogens is 302 g/mol. The molecule has 2 aromatic rings. The largest absolute Gasteiger partial charge is 0.494 e. The summed E-state index contributed by atoms with van der Waals surface area (Å²) in [6.45, 7) is 2.12. The van der Waals surface area contributed by atoms with E-state index in [9.17, 15) is 4.79 Å². The molecule has 0 aliphatic carbocycles. The average molecular weight is 321 g/mol. The number of amides is 2. The van der Waals surface area contributed by atoms with E-state index >= 15 is 0 Å². The number of terminal acetylenes is 1. The molecule has 0 atom stereocenters. The van der Waals surface area contributed by atoms with E-state index in [0.717, 1.165) is 30.8 Å². The SMILES string of the molecule is C#Cc1cccc(OCCC2CN(C(=O)Nc3cccnc3)C2)c1. The van der Waals surface area contributed by atoms with Gasteiger partial charge in [0.1, 0.15) is 5.75 Å². The first kappa shape index (κ1) is 15.9. The molecule has 2 heterocycles. The summed E-state index contributed by atoms with van der Waals surface area (Å²) in [5, 5.41) is 2.83. The lowest BCUT2D eigenvalue weighted by Crippen LogP contribution is -2.52. The van der Waals surface area contributed by atoms with Crippen LogP contribution >= 0.6 is 0 Å². The smallest absolute Gasteiger partial charge is 0.321 e. The molecule has 0 unspecified atom stereocenters. The van der Waals surface area contributed by atoms with Gasteiger partial charge in [-0.25, -0.2) is 4.79 Å². The molecule has 0 radical (unpaired) electrons. The summed E-state index contributed by atoms with van der Waals surface area (Å²) in [4.78, 5) is 17.8. The molecule has 1 N–H and O–H groups in total. The first-order chi connectivity index (χ1) is 11.7. The number of ether oxygens (including phenoxy) is 1. The summed E-state index contributed by atoms with van der Waals surface area (Å²) in [6, 6.07) is 11.0. The second kappa shape index (κ2) is 7.51. The van der Waals surface area contributed by atoms with Crippen LogP contribution in [0.4, 0.5) is 10.5 Å². The van der Waals surface area contributed by atoms with E-state index in [1.165, 1.54) is 0 Å². The third-order valence-corrected chi connectivity index (χ3v) is 3.95. The highest BCUT2D eigenvalue weighted by Crippen LogP contribution is 2.21. The number of nitrogens with one attached hydrogen (secondary N) is 1. The quantitative estimate of drug-likeness (QED) is 0.861. The first-order valence-electron chi connectivity index (χ1n) is 7.90. The van der Waals surface area contributed by atoms with Crippen molar-refractivity contribution in [3.05, 3.63) is 54.4 Å². The molecule has 0 bridgehead atoms. The zero-order valence-electron chi connectivity index (χ0n) is 13.3. The molecule has 0 spiro atoms. The molecule has 1 aromatic carbocycles. The van der Waals surface area contributed by atoms with Crippen LogP contribution in [0, 0.1) is 18.3 Å². The molecule has 1 saturated heterocycles. The van der Waals surface area contributed by atoms with Gasteiger partial charge in [-0.05, 0) is 42.7 Å². The Balaban J connectivity index is 1.36. The molecule has 5 nitrogen and oxygen atoms in total. The number of urea groups is 1. The normalized spacial score (nSPS) is 13.7. The van der Waals surface area contributed by atoms with Gasteiger partial charge in [-0.15, -0.1) is 6.42 Å². The highest BCUT2D eigenvalue weighted by atomic mass is 16.5. The highest BCUT2D eigenvalue weighted by molar-refractivity contribution is 5.89. The van der Waals surface area contributed by atoms with Crippen molar-refractivity contribution in [3.63, 3.8) is 0 Å². The van der Waals surface area contributed by atoms with Gasteiger partial charge in [-0.2, -0.15) is 0 Å². The van der Waals surface area contributed by atoms with Crippen LogP contribution in [0.25, 0.3) is 0 Å². The van der Waals surface area contributed by atoms with Gasteiger partial charge in [0.15, 0.2) is 0 Å². The zero-order valence-corrected chi connectivity index (χ0v) is 13.3. The number of pyridine rings is 1. The Morgan fingerprint density at radius 2 is 2.25 bits per heavy atom. The van der Waals surface area contributed by atoms with Crippen LogP contribution in [-0.4, -0.2) is 35.6 Å². The number of likely N-dealkylation sites (tertiary alicyclic amines) is 1. The summed E-state index contributed by atoms with van der Waals surface area (Å²) >= 11 is 0. The molecule has 5 heteroatoms. The van der Waals surface area contributed by atoms with Crippen LogP contribution in [0.15, 0.2) is 48.8 Å². The van der Waals surface area contributed by atoms with Crippen LogP contribution in [0.5, 0.6) is 5.75 Å². The van der Waals surface area contributed by atoms with Crippen molar-refractivity contribution in [3.8, 4) is 18.1 Å². The minimum absolute atomic E-state index is 0.0816. The summed E-state index contributed by atoms with van der Waals surface area (Å²) in [5.74, 6) is 3.85. The summed E-state index contributed by atoms with van der Waals surface area (Å²) in [5.41, 5.74) is 1.53. The van der Waals surface area contributed by atoms with E-state index in [2.05, 4.69) is 16.2 Å². The van der Waals surface area contributed by atoms with E-state index in [1.54, 1.807) is 23.4 Å². The number of carbonyl (C=O) groups is 1. The van der Waals surface area contributed by atoms with Gasteiger partial charge in [-0.3, -0.25) is 4.98 Å². The van der Waals surface area contributed by atoms with Crippen molar-refractivity contribution in [2.45, 2.75) is 6.42 Å². The second-order valence-corrected chi connectivity index (χ2v) is 5.75. The average Bonchev–Trinajstić information content (AvgIpc) is 2.58. The number of benzene rings is 1. The number of aromatic nitrogens is 1. The predicted octanol–water partition coefficient (Wildman–Crippen LogP) is 3.00. The monoisotopic (exact) mass is 321 g/mol. The van der Waals surface area contributed by atoms with Crippen molar-refractivity contribution in [2.24, 2.45) is 5.92 Å². The molecule has 24 heavy (non-hydrogen) atoms. The topological polar surface area (TPSA) is 54.5 Å². The predicted molar refractivity (Wildman–Crippen MR) is 92.8 cm³/mol. The van der Waals surface area contributed by atoms with Gasteiger partial charge in [0, 0.05) is 24.8 Å². The van der Waals surface area contributed by atoms with E-state index in [1.807, 2.05) is 30.3 Å². The number of nitrogens with zero attached hydrogens (tertiary/aromatic N) is 2. The maximum Gasteiger partial charge on any atom is 0.321 e. The standard InChI is InChI=1S/C19H19N3O2/c1-2-15-5-3-7-18(11-15)24-10-8-16-13-22(14-16)19(23)21-17-6-4-9-20-12-17/h1,3-7,9,11-12,16H,8,10,13-14H2,(H,21,23). The molecule has 2 amide bonds. The van der Waals surface area contributed by atoms with Crippen molar-refractivity contribution >= 4 is 11.7 Å². The van der Waals surface area contributed by atoms with Crippen LogP contribution < -0.4 is 10.1 Å². The van der Waals surface area contributed by atoms with Gasteiger partial charge in [-0.1, -0.05) is 12.0 Å². The number of carbonyl (C=O) groups excluding carboxylic acids is 1. The minimum Gasteiger partial charge on any atom is -0.494 e. The van der Waals surface area contributed by atoms with E-state index in [4.69, 9.17) is 11.2 Å². The first-order valence-corrected chi connectivity index (χ1v) is 7.90. The molecule has 1 aromatic heterocycles.